The van der Waals surface area contributed by atoms with Crippen molar-refractivity contribution in [3.05, 3.63) is 23.8 Å². The first kappa shape index (κ1) is 14.8. The number of nitrogens with two attached hydrogens (primary N) is 1. The number of rotatable bonds is 8. The number of hydrogen-bond acceptors (Lipinski definition) is 3. The van der Waals surface area contributed by atoms with Crippen LogP contribution in [0.3, 0.4) is 0 Å². The van der Waals surface area contributed by atoms with E-state index in [0.717, 1.165) is 25.9 Å². The molecule has 0 bridgehead atoms. The summed E-state index contributed by atoms with van der Waals surface area (Å²) in [7, 11) is 0. The average molecular weight is 250 g/mol. The number of aryl methyl sites for hydroxylation is 1. The lowest BCUT2D eigenvalue weighted by molar-refractivity contribution is 0.280. The minimum Gasteiger partial charge on any atom is -0.506 e. The summed E-state index contributed by atoms with van der Waals surface area (Å²) < 4.78 is 0. The summed E-state index contributed by atoms with van der Waals surface area (Å²) in [6.07, 6.45) is 4.69. The van der Waals surface area contributed by atoms with Gasteiger partial charge in [-0.25, -0.2) is 0 Å². The Hall–Kier alpha value is -1.22. The third kappa shape index (κ3) is 4.96. The van der Waals surface area contributed by atoms with Crippen LogP contribution in [0.5, 0.6) is 5.75 Å². The van der Waals surface area contributed by atoms with E-state index in [4.69, 9.17) is 5.73 Å². The van der Waals surface area contributed by atoms with Gasteiger partial charge in [-0.3, -0.25) is 0 Å². The maximum Gasteiger partial charge on any atom is 0.138 e. The van der Waals surface area contributed by atoms with Crippen LogP contribution in [0.1, 0.15) is 38.7 Å². The highest BCUT2D eigenvalue weighted by Crippen LogP contribution is 2.21. The van der Waals surface area contributed by atoms with Crippen LogP contribution in [0, 0.1) is 0 Å². The van der Waals surface area contributed by atoms with E-state index in [1.54, 1.807) is 6.07 Å². The Kier molecular flexibility index (Phi) is 6.58. The highest BCUT2D eigenvalue weighted by atomic mass is 16.3. The zero-order valence-corrected chi connectivity index (χ0v) is 11.7. The van der Waals surface area contributed by atoms with Crippen LogP contribution in [0.2, 0.25) is 0 Å². The Morgan fingerprint density at radius 2 is 1.89 bits per heavy atom. The predicted octanol–water partition coefficient (Wildman–Crippen LogP) is 3.03. The molecule has 0 radical (unpaired) electrons. The molecular formula is C15H26N2O. The van der Waals surface area contributed by atoms with Crippen molar-refractivity contribution >= 4 is 5.69 Å². The second-order valence-corrected chi connectivity index (χ2v) is 4.78. The summed E-state index contributed by atoms with van der Waals surface area (Å²) in [6, 6.07) is 5.50. The van der Waals surface area contributed by atoms with Crippen LogP contribution in [0.4, 0.5) is 5.69 Å². The Morgan fingerprint density at radius 3 is 2.50 bits per heavy atom. The van der Waals surface area contributed by atoms with Gasteiger partial charge in [0.1, 0.15) is 5.75 Å². The molecule has 0 saturated carbocycles. The second-order valence-electron chi connectivity index (χ2n) is 4.78. The molecular weight excluding hydrogens is 224 g/mol. The van der Waals surface area contributed by atoms with E-state index in [-0.39, 0.29) is 5.75 Å². The Labute approximate surface area is 111 Å². The van der Waals surface area contributed by atoms with Gasteiger partial charge in [-0.15, -0.1) is 0 Å². The lowest BCUT2D eigenvalue weighted by Crippen LogP contribution is -2.25. The number of nitrogen functional groups attached to an aromatic ring is 1. The molecule has 0 aromatic heterocycles. The second kappa shape index (κ2) is 7.98. The Morgan fingerprint density at radius 1 is 1.17 bits per heavy atom. The van der Waals surface area contributed by atoms with Crippen molar-refractivity contribution in [3.63, 3.8) is 0 Å². The van der Waals surface area contributed by atoms with Gasteiger partial charge in [0.2, 0.25) is 0 Å². The molecule has 0 aliphatic carbocycles. The van der Waals surface area contributed by atoms with Gasteiger partial charge in [0.05, 0.1) is 5.69 Å². The van der Waals surface area contributed by atoms with E-state index in [2.05, 4.69) is 18.7 Å². The van der Waals surface area contributed by atoms with Gasteiger partial charge in [-0.05, 0) is 56.6 Å². The number of unbranched alkanes of at least 4 members (excludes halogenated alkanes) is 1. The van der Waals surface area contributed by atoms with Crippen LogP contribution in [0.25, 0.3) is 0 Å². The van der Waals surface area contributed by atoms with E-state index in [0.29, 0.717) is 5.69 Å². The maximum absolute atomic E-state index is 9.36. The molecule has 3 nitrogen and oxygen atoms in total. The first-order valence-corrected chi connectivity index (χ1v) is 6.97. The SMILES string of the molecule is CCCCN(CC)CCCc1ccc(O)c(N)c1. The smallest absolute Gasteiger partial charge is 0.138 e. The van der Waals surface area contributed by atoms with E-state index in [9.17, 15) is 5.11 Å². The average Bonchev–Trinajstić information content (AvgIpc) is 2.37. The molecule has 0 heterocycles. The third-order valence-corrected chi connectivity index (χ3v) is 3.31. The number of phenolic OH excluding ortho intramolecular Hbond substituents is 1. The van der Waals surface area contributed by atoms with Gasteiger partial charge in [0, 0.05) is 0 Å². The van der Waals surface area contributed by atoms with Crippen LogP contribution < -0.4 is 5.73 Å². The summed E-state index contributed by atoms with van der Waals surface area (Å²) in [5, 5.41) is 9.36. The van der Waals surface area contributed by atoms with Crippen molar-refractivity contribution in [1.82, 2.24) is 4.90 Å². The standard InChI is InChI=1S/C15H26N2O/c1-3-5-10-17(4-2)11-6-7-13-8-9-15(18)14(16)12-13/h8-9,12,18H,3-7,10-11,16H2,1-2H3. The Bertz CT molecular complexity index is 352. The van der Waals surface area contributed by atoms with E-state index in [1.807, 2.05) is 12.1 Å². The van der Waals surface area contributed by atoms with Crippen molar-refractivity contribution < 1.29 is 5.11 Å². The fourth-order valence-electron chi connectivity index (χ4n) is 2.08. The summed E-state index contributed by atoms with van der Waals surface area (Å²) in [5.74, 6) is 0.178. The first-order chi connectivity index (χ1) is 8.67. The molecule has 3 N–H and O–H groups in total. The number of benzene rings is 1. The molecule has 0 saturated heterocycles. The summed E-state index contributed by atoms with van der Waals surface area (Å²) in [6.45, 7) is 7.90. The minimum atomic E-state index is 0.178. The normalized spacial score (nSPS) is 11.1. The molecule has 0 fully saturated rings. The number of phenols is 1. The van der Waals surface area contributed by atoms with Gasteiger partial charge in [0.25, 0.3) is 0 Å². The fourth-order valence-corrected chi connectivity index (χ4v) is 2.08. The molecule has 1 rings (SSSR count). The van der Waals surface area contributed by atoms with Gasteiger partial charge in [0.15, 0.2) is 0 Å². The van der Waals surface area contributed by atoms with Crippen molar-refractivity contribution in [2.24, 2.45) is 0 Å². The quantitative estimate of drug-likeness (QED) is 0.551. The van der Waals surface area contributed by atoms with Crippen LogP contribution in [-0.2, 0) is 6.42 Å². The molecule has 1 aromatic rings. The Balaban J connectivity index is 2.33. The van der Waals surface area contributed by atoms with Crippen LogP contribution in [0.15, 0.2) is 18.2 Å². The van der Waals surface area contributed by atoms with Crippen molar-refractivity contribution in [2.75, 3.05) is 25.4 Å². The lowest BCUT2D eigenvalue weighted by atomic mass is 10.1. The van der Waals surface area contributed by atoms with Crippen molar-refractivity contribution in [2.45, 2.75) is 39.5 Å². The number of aromatic hydroxyl groups is 1. The van der Waals surface area contributed by atoms with Gasteiger partial charge in [-0.2, -0.15) is 0 Å². The molecule has 0 aliphatic heterocycles. The topological polar surface area (TPSA) is 49.5 Å². The number of nitrogens with zero attached hydrogens (tertiary/aromatic N) is 1. The molecule has 0 atom stereocenters. The summed E-state index contributed by atoms with van der Waals surface area (Å²) >= 11 is 0. The highest BCUT2D eigenvalue weighted by molar-refractivity contribution is 5.53. The summed E-state index contributed by atoms with van der Waals surface area (Å²) in [4.78, 5) is 2.49. The fraction of sp³-hybridized carbons (Fsp3) is 0.600. The molecule has 0 aliphatic rings. The largest absolute Gasteiger partial charge is 0.506 e. The van der Waals surface area contributed by atoms with E-state index >= 15 is 0 Å². The van der Waals surface area contributed by atoms with E-state index < -0.39 is 0 Å². The van der Waals surface area contributed by atoms with Gasteiger partial charge < -0.3 is 15.7 Å². The zero-order chi connectivity index (χ0) is 13.4. The van der Waals surface area contributed by atoms with Gasteiger partial charge >= 0.3 is 0 Å². The molecule has 0 unspecified atom stereocenters. The van der Waals surface area contributed by atoms with Gasteiger partial charge in [-0.1, -0.05) is 26.3 Å². The zero-order valence-electron chi connectivity index (χ0n) is 11.7. The predicted molar refractivity (Wildman–Crippen MR) is 77.9 cm³/mol. The molecule has 0 spiro atoms. The van der Waals surface area contributed by atoms with Crippen LogP contribution in [-0.4, -0.2) is 29.6 Å². The summed E-state index contributed by atoms with van der Waals surface area (Å²) in [5.41, 5.74) is 7.37. The number of anilines is 1. The highest BCUT2D eigenvalue weighted by Gasteiger charge is 2.03. The van der Waals surface area contributed by atoms with E-state index in [1.165, 1.54) is 24.9 Å². The molecule has 0 amide bonds. The molecule has 3 heteroatoms. The van der Waals surface area contributed by atoms with Crippen molar-refractivity contribution in [3.8, 4) is 5.75 Å². The monoisotopic (exact) mass is 250 g/mol. The molecule has 18 heavy (non-hydrogen) atoms. The lowest BCUT2D eigenvalue weighted by Gasteiger charge is -2.19. The number of hydrogen-bond donors (Lipinski definition) is 2. The van der Waals surface area contributed by atoms with Crippen LogP contribution >= 0.6 is 0 Å². The third-order valence-electron chi connectivity index (χ3n) is 3.31. The molecule has 102 valence electrons. The van der Waals surface area contributed by atoms with Crippen molar-refractivity contribution in [1.29, 1.82) is 0 Å². The molecule has 1 aromatic carbocycles. The minimum absolute atomic E-state index is 0.178. The first-order valence-electron chi connectivity index (χ1n) is 6.97. The maximum atomic E-state index is 9.36.